The van der Waals surface area contributed by atoms with E-state index in [4.69, 9.17) is 23.2 Å². The molecule has 0 spiro atoms. The summed E-state index contributed by atoms with van der Waals surface area (Å²) in [5.41, 5.74) is 0.492. The second-order valence-corrected chi connectivity index (χ2v) is 5.23. The van der Waals surface area contributed by atoms with Gasteiger partial charge in [0.25, 0.3) is 0 Å². The molecule has 1 aromatic carbocycles. The molecule has 18 heavy (non-hydrogen) atoms. The second-order valence-electron chi connectivity index (χ2n) is 3.54. The van der Waals surface area contributed by atoms with Crippen molar-refractivity contribution in [2.75, 3.05) is 11.4 Å². The van der Waals surface area contributed by atoms with E-state index in [0.29, 0.717) is 28.4 Å². The van der Waals surface area contributed by atoms with Crippen LogP contribution >= 0.6 is 34.5 Å². The van der Waals surface area contributed by atoms with Gasteiger partial charge in [0, 0.05) is 6.54 Å². The van der Waals surface area contributed by atoms with Crippen molar-refractivity contribution in [3.63, 3.8) is 0 Å². The van der Waals surface area contributed by atoms with Crippen molar-refractivity contribution < 1.29 is 4.39 Å². The van der Waals surface area contributed by atoms with Gasteiger partial charge in [-0.05, 0) is 19.1 Å². The third-order valence-corrected chi connectivity index (χ3v) is 4.38. The predicted octanol–water partition coefficient (Wildman–Crippen LogP) is 4.83. The third-order valence-electron chi connectivity index (χ3n) is 2.45. The molecule has 0 radical (unpaired) electrons. The van der Waals surface area contributed by atoms with Gasteiger partial charge < -0.3 is 4.90 Å². The summed E-state index contributed by atoms with van der Waals surface area (Å²) in [6.45, 7) is 2.54. The van der Waals surface area contributed by atoms with Crippen molar-refractivity contribution in [1.29, 1.82) is 0 Å². The first-order valence-electron chi connectivity index (χ1n) is 5.40. The Kier molecular flexibility index (Phi) is 4.43. The number of anilines is 2. The predicted molar refractivity (Wildman–Crippen MR) is 75.8 cm³/mol. The minimum Gasteiger partial charge on any atom is -0.315 e. The Morgan fingerprint density at radius 2 is 2.11 bits per heavy atom. The van der Waals surface area contributed by atoms with Crippen LogP contribution in [-0.2, 0) is 5.88 Å². The zero-order valence-electron chi connectivity index (χ0n) is 9.66. The van der Waals surface area contributed by atoms with Crippen LogP contribution in [0.3, 0.4) is 0 Å². The van der Waals surface area contributed by atoms with Gasteiger partial charge in [-0.2, -0.15) is 0 Å². The molecule has 1 aromatic heterocycles. The molecular weight excluding hydrogens is 294 g/mol. The van der Waals surface area contributed by atoms with Crippen LogP contribution in [0.2, 0.25) is 5.15 Å². The highest BCUT2D eigenvalue weighted by atomic mass is 35.5. The SMILES string of the molecule is CCN(c1nc(Cl)c(CCl)s1)c1ccccc1F. The largest absolute Gasteiger partial charge is 0.315 e. The molecule has 2 rings (SSSR count). The van der Waals surface area contributed by atoms with Crippen molar-refractivity contribution in [1.82, 2.24) is 4.98 Å². The van der Waals surface area contributed by atoms with Gasteiger partial charge in [0.05, 0.1) is 16.4 Å². The van der Waals surface area contributed by atoms with E-state index in [-0.39, 0.29) is 5.82 Å². The van der Waals surface area contributed by atoms with Crippen molar-refractivity contribution in [3.8, 4) is 0 Å². The molecule has 0 atom stereocenters. The number of alkyl halides is 1. The number of nitrogens with zero attached hydrogens (tertiary/aromatic N) is 2. The molecule has 96 valence electrons. The molecule has 0 saturated carbocycles. The highest BCUT2D eigenvalue weighted by Crippen LogP contribution is 2.35. The molecule has 1 heterocycles. The maximum atomic E-state index is 13.8. The number of halogens is 3. The number of thiazole rings is 1. The summed E-state index contributed by atoms with van der Waals surface area (Å²) in [5, 5.41) is 1.04. The normalized spacial score (nSPS) is 10.7. The van der Waals surface area contributed by atoms with Crippen molar-refractivity contribution in [2.45, 2.75) is 12.8 Å². The first-order valence-corrected chi connectivity index (χ1v) is 7.13. The number of aromatic nitrogens is 1. The molecule has 2 aromatic rings. The molecule has 0 amide bonds. The van der Waals surface area contributed by atoms with Gasteiger partial charge in [0.2, 0.25) is 0 Å². The molecule has 0 aliphatic heterocycles. The second kappa shape index (κ2) is 5.87. The van der Waals surface area contributed by atoms with Gasteiger partial charge >= 0.3 is 0 Å². The van der Waals surface area contributed by atoms with Crippen LogP contribution < -0.4 is 4.90 Å². The summed E-state index contributed by atoms with van der Waals surface area (Å²) in [7, 11) is 0. The van der Waals surface area contributed by atoms with Gasteiger partial charge in [-0.25, -0.2) is 9.37 Å². The molecular formula is C12H11Cl2FN2S. The van der Waals surface area contributed by atoms with E-state index in [0.717, 1.165) is 4.88 Å². The van der Waals surface area contributed by atoms with E-state index < -0.39 is 0 Å². The van der Waals surface area contributed by atoms with Gasteiger partial charge in [-0.3, -0.25) is 0 Å². The highest BCUT2D eigenvalue weighted by molar-refractivity contribution is 7.16. The molecule has 0 aliphatic carbocycles. The van der Waals surface area contributed by atoms with E-state index in [2.05, 4.69) is 4.98 Å². The smallest absolute Gasteiger partial charge is 0.191 e. The maximum Gasteiger partial charge on any atom is 0.191 e. The number of benzene rings is 1. The molecule has 0 unspecified atom stereocenters. The standard InChI is InChI=1S/C12H11Cl2FN2S/c1-2-17(9-6-4-3-5-8(9)15)12-16-11(14)10(7-13)18-12/h3-6H,2,7H2,1H3. The van der Waals surface area contributed by atoms with Gasteiger partial charge in [-0.1, -0.05) is 35.1 Å². The van der Waals surface area contributed by atoms with Crippen LogP contribution in [0.4, 0.5) is 15.2 Å². The lowest BCUT2D eigenvalue weighted by Crippen LogP contribution is -2.16. The lowest BCUT2D eigenvalue weighted by Gasteiger charge is -2.20. The van der Waals surface area contributed by atoms with Crippen LogP contribution in [0.25, 0.3) is 0 Å². The summed E-state index contributed by atoms with van der Waals surface area (Å²) < 4.78 is 13.8. The number of hydrogen-bond donors (Lipinski definition) is 0. The maximum absolute atomic E-state index is 13.8. The summed E-state index contributed by atoms with van der Waals surface area (Å²) >= 11 is 13.1. The molecule has 0 fully saturated rings. The van der Waals surface area contributed by atoms with Crippen molar-refractivity contribution >= 4 is 45.4 Å². The van der Waals surface area contributed by atoms with Gasteiger partial charge in [-0.15, -0.1) is 11.6 Å². The monoisotopic (exact) mass is 304 g/mol. The molecule has 0 aliphatic rings. The van der Waals surface area contributed by atoms with Crippen LogP contribution in [0, 0.1) is 5.82 Å². The van der Waals surface area contributed by atoms with Crippen molar-refractivity contribution in [3.05, 3.63) is 40.1 Å². The average molecular weight is 305 g/mol. The highest BCUT2D eigenvalue weighted by Gasteiger charge is 2.17. The Balaban J connectivity index is 2.42. The van der Waals surface area contributed by atoms with E-state index in [1.807, 2.05) is 6.92 Å². The zero-order valence-corrected chi connectivity index (χ0v) is 12.0. The van der Waals surface area contributed by atoms with Gasteiger partial charge in [0.1, 0.15) is 11.0 Å². The molecule has 2 nitrogen and oxygen atoms in total. The van der Waals surface area contributed by atoms with E-state index >= 15 is 0 Å². The fourth-order valence-electron chi connectivity index (χ4n) is 1.60. The Morgan fingerprint density at radius 3 is 2.67 bits per heavy atom. The topological polar surface area (TPSA) is 16.1 Å². The number of rotatable bonds is 4. The Morgan fingerprint density at radius 1 is 1.39 bits per heavy atom. The summed E-state index contributed by atoms with van der Waals surface area (Å²) in [6, 6.07) is 6.59. The minimum atomic E-state index is -0.280. The number of para-hydroxylation sites is 1. The quantitative estimate of drug-likeness (QED) is 0.752. The van der Waals surface area contributed by atoms with Crippen LogP contribution in [0.5, 0.6) is 0 Å². The molecule has 0 N–H and O–H groups in total. The van der Waals surface area contributed by atoms with Crippen LogP contribution in [-0.4, -0.2) is 11.5 Å². The van der Waals surface area contributed by atoms with Crippen LogP contribution in [0.15, 0.2) is 24.3 Å². The lowest BCUT2D eigenvalue weighted by atomic mass is 10.3. The zero-order chi connectivity index (χ0) is 13.1. The Hall–Kier alpha value is -0.840. The average Bonchev–Trinajstić information content (AvgIpc) is 2.74. The molecule has 0 bridgehead atoms. The summed E-state index contributed by atoms with van der Waals surface area (Å²) in [5.74, 6) is 0.0313. The number of hydrogen-bond acceptors (Lipinski definition) is 3. The van der Waals surface area contributed by atoms with E-state index in [1.165, 1.54) is 17.4 Å². The minimum absolute atomic E-state index is 0.280. The summed E-state index contributed by atoms with van der Waals surface area (Å²) in [6.07, 6.45) is 0. The lowest BCUT2D eigenvalue weighted by molar-refractivity contribution is 0.625. The molecule has 0 saturated heterocycles. The van der Waals surface area contributed by atoms with E-state index in [9.17, 15) is 4.39 Å². The fraction of sp³-hybridized carbons (Fsp3) is 0.250. The fourth-order valence-corrected chi connectivity index (χ4v) is 3.15. The summed E-state index contributed by atoms with van der Waals surface area (Å²) in [4.78, 5) is 6.80. The Bertz CT molecular complexity index is 545. The van der Waals surface area contributed by atoms with Crippen molar-refractivity contribution in [2.24, 2.45) is 0 Å². The van der Waals surface area contributed by atoms with Crippen LogP contribution in [0.1, 0.15) is 11.8 Å². The first-order chi connectivity index (χ1) is 8.67. The first kappa shape index (κ1) is 13.6. The Labute approximate surface area is 119 Å². The third kappa shape index (κ3) is 2.60. The van der Waals surface area contributed by atoms with Gasteiger partial charge in [0.15, 0.2) is 5.13 Å². The molecule has 6 heteroatoms. The van der Waals surface area contributed by atoms with E-state index in [1.54, 1.807) is 23.1 Å².